The van der Waals surface area contributed by atoms with Crippen molar-refractivity contribution in [1.82, 2.24) is 25.8 Å². The molecule has 362 valence electrons. The number of rotatable bonds is 19. The van der Waals surface area contributed by atoms with Crippen LogP contribution in [0.2, 0.25) is 5.02 Å². The smallest absolute Gasteiger partial charge is 0.251 e. The van der Waals surface area contributed by atoms with E-state index in [0.29, 0.717) is 47.4 Å². The lowest BCUT2D eigenvalue weighted by molar-refractivity contribution is -0.164. The van der Waals surface area contributed by atoms with E-state index in [1.807, 2.05) is 62.7 Å². The number of β-amino-alcohol motifs (C(OH)–C–C–N with tert-alkyl or cyclic N) is 1. The number of unbranched alkanes of at least 4 members (excludes halogenated alkanes) is 1. The molecule has 1 aromatic heterocycles. The minimum atomic E-state index is -0.953. The summed E-state index contributed by atoms with van der Waals surface area (Å²) in [6.45, 7) is 14.8. The first-order chi connectivity index (χ1) is 32.3. The Hall–Kier alpha value is -5.53. The zero-order valence-electron chi connectivity index (χ0n) is 40.0. The van der Waals surface area contributed by atoms with Gasteiger partial charge in [0.2, 0.25) is 17.7 Å². The molecule has 5 N–H and O–H groups in total. The van der Waals surface area contributed by atoms with Crippen LogP contribution < -0.4 is 26.0 Å². The molecule has 68 heavy (non-hydrogen) atoms. The number of aliphatic hydroxyl groups excluding tert-OH is 1. The number of likely N-dealkylation sites (tertiary alicyclic amines) is 1. The number of anilines is 1. The van der Waals surface area contributed by atoms with Crippen LogP contribution in [-0.4, -0.2) is 95.3 Å². The summed E-state index contributed by atoms with van der Waals surface area (Å²) in [7, 11) is 0. The van der Waals surface area contributed by atoms with Gasteiger partial charge in [-0.15, -0.1) is 11.3 Å². The SMILES string of the molecule is CC(C)(C)C(NC(=O)COCCCCNc1ccc(C(=O)N[C@H]2C(C)(C)[C@H](Oc3ccc(C#N)c(Cl)c3)C2(C)C)cc1)C(=O)N1C[C@H](O)C[C@H]1C(=O)NCc1ccc(-c2scnc2C2CC2)cc1. The van der Waals surface area contributed by atoms with Crippen LogP contribution in [0.4, 0.5) is 5.69 Å². The van der Waals surface area contributed by atoms with Gasteiger partial charge in [-0.05, 0) is 78.6 Å². The van der Waals surface area contributed by atoms with E-state index in [4.69, 9.17) is 21.1 Å². The Kier molecular flexibility index (Phi) is 15.5. The van der Waals surface area contributed by atoms with Crippen molar-refractivity contribution in [3.63, 3.8) is 0 Å². The van der Waals surface area contributed by atoms with Gasteiger partial charge in [-0.1, -0.05) is 84.3 Å². The first kappa shape index (κ1) is 50.3. The van der Waals surface area contributed by atoms with E-state index in [1.165, 1.54) is 28.3 Å². The molecule has 4 amide bonds. The number of carbonyl (C=O) groups is 4. The van der Waals surface area contributed by atoms with Crippen molar-refractivity contribution >= 4 is 52.3 Å². The number of hydrogen-bond acceptors (Lipinski definition) is 11. The molecule has 14 nitrogen and oxygen atoms in total. The number of nitrogens with one attached hydrogen (secondary N) is 4. The number of benzene rings is 3. The van der Waals surface area contributed by atoms with Crippen molar-refractivity contribution < 1.29 is 33.8 Å². The predicted molar refractivity (Wildman–Crippen MR) is 263 cm³/mol. The summed E-state index contributed by atoms with van der Waals surface area (Å²) in [6, 6.07) is 20.5. The molecule has 1 unspecified atom stereocenters. The fraction of sp³-hybridized carbons (Fsp3) is 0.500. The van der Waals surface area contributed by atoms with Crippen LogP contribution in [0.5, 0.6) is 5.75 Å². The minimum Gasteiger partial charge on any atom is -0.489 e. The van der Waals surface area contributed by atoms with Crippen LogP contribution in [-0.2, 0) is 25.7 Å². The number of thiazole rings is 1. The van der Waals surface area contributed by atoms with Crippen molar-refractivity contribution in [2.45, 2.75) is 123 Å². The number of nitriles is 1. The highest BCUT2D eigenvalue weighted by atomic mass is 35.5. The summed E-state index contributed by atoms with van der Waals surface area (Å²) >= 11 is 7.88. The van der Waals surface area contributed by atoms with E-state index in [9.17, 15) is 29.5 Å². The topological polar surface area (TPSA) is 195 Å². The predicted octanol–water partition coefficient (Wildman–Crippen LogP) is 7.84. The highest BCUT2D eigenvalue weighted by Gasteiger charge is 2.64. The Morgan fingerprint density at radius 1 is 1.00 bits per heavy atom. The molecule has 3 atom stereocenters. The van der Waals surface area contributed by atoms with Crippen LogP contribution in [0.15, 0.2) is 72.2 Å². The normalized spacial score (nSPS) is 20.9. The van der Waals surface area contributed by atoms with Gasteiger partial charge < -0.3 is 40.7 Å². The van der Waals surface area contributed by atoms with Crippen LogP contribution in [0, 0.1) is 27.6 Å². The van der Waals surface area contributed by atoms with Crippen molar-refractivity contribution in [1.29, 1.82) is 5.26 Å². The average Bonchev–Trinajstić information content (AvgIpc) is 3.89. The molecule has 3 aliphatic rings. The quantitative estimate of drug-likeness (QED) is 0.0578. The van der Waals surface area contributed by atoms with Gasteiger partial charge in [0.25, 0.3) is 5.91 Å². The second-order valence-corrected chi connectivity index (χ2v) is 21.8. The first-order valence-corrected chi connectivity index (χ1v) is 24.7. The average molecular weight is 967 g/mol. The lowest BCUT2D eigenvalue weighted by Crippen LogP contribution is -2.74. The van der Waals surface area contributed by atoms with Gasteiger partial charge in [0, 0.05) is 72.8 Å². The number of halogens is 1. The summed E-state index contributed by atoms with van der Waals surface area (Å²) in [5.41, 5.74) is 5.40. The standard InChI is InChI=1S/C52H64ClN7O7S/c1-50(2,3)44(47(65)60-28-37(61)24-40(60)46(64)56-27-31-10-12-33(13-11-31)43-42(32-14-15-32)57-30-68-43)58-41(62)29-66-23-9-8-22-55-36-19-16-34(17-20-36)45(63)59-48-51(4,5)49(52(48,6)7)67-38-21-18-35(26-54)39(53)25-38/h10-13,16-21,25,30,32,37,40,44,48-49,55,61H,8-9,14-15,22-24,27-29H2,1-7H3,(H,56,64)(H,58,62)(H,59,63)/t37-,40+,44?,48-,49-/m1/s1. The molecule has 2 aliphatic carbocycles. The van der Waals surface area contributed by atoms with Gasteiger partial charge in [-0.25, -0.2) is 4.98 Å². The Labute approximate surface area is 408 Å². The monoisotopic (exact) mass is 965 g/mol. The number of amides is 4. The van der Waals surface area contributed by atoms with E-state index >= 15 is 0 Å². The van der Waals surface area contributed by atoms with E-state index in [1.54, 1.807) is 41.7 Å². The maximum Gasteiger partial charge on any atom is 0.251 e. The Morgan fingerprint density at radius 2 is 1.71 bits per heavy atom. The van der Waals surface area contributed by atoms with Gasteiger partial charge >= 0.3 is 0 Å². The Bertz CT molecular complexity index is 2480. The molecule has 0 radical (unpaired) electrons. The number of nitrogens with zero attached hydrogens (tertiary/aromatic N) is 3. The highest BCUT2D eigenvalue weighted by molar-refractivity contribution is 7.13. The van der Waals surface area contributed by atoms with Gasteiger partial charge in [0.05, 0.1) is 32.8 Å². The molecule has 3 aromatic carbocycles. The van der Waals surface area contributed by atoms with E-state index < -0.39 is 35.4 Å². The maximum absolute atomic E-state index is 14.0. The van der Waals surface area contributed by atoms with Crippen molar-refractivity contribution in [3.8, 4) is 22.3 Å². The zero-order valence-corrected chi connectivity index (χ0v) is 41.6. The van der Waals surface area contributed by atoms with Crippen LogP contribution in [0.1, 0.15) is 114 Å². The van der Waals surface area contributed by atoms with Crippen LogP contribution in [0.25, 0.3) is 10.4 Å². The molecule has 1 aliphatic heterocycles. The molecular formula is C52H64ClN7O7S. The molecule has 2 heterocycles. The van der Waals surface area contributed by atoms with E-state index in [2.05, 4.69) is 60.0 Å². The van der Waals surface area contributed by atoms with Gasteiger partial charge in [0.15, 0.2) is 0 Å². The molecule has 0 bridgehead atoms. The van der Waals surface area contributed by atoms with Crippen molar-refractivity contribution in [2.75, 3.05) is 31.6 Å². The van der Waals surface area contributed by atoms with Crippen LogP contribution >= 0.6 is 22.9 Å². The molecule has 2 saturated carbocycles. The molecule has 3 fully saturated rings. The summed E-state index contributed by atoms with van der Waals surface area (Å²) in [6.07, 6.45) is 2.83. The van der Waals surface area contributed by atoms with Crippen molar-refractivity contribution in [3.05, 3.63) is 99.6 Å². The number of aromatic nitrogens is 1. The number of hydrogen-bond donors (Lipinski definition) is 5. The second kappa shape index (κ2) is 21.0. The molecular weight excluding hydrogens is 902 g/mol. The van der Waals surface area contributed by atoms with Gasteiger partial charge in [-0.2, -0.15) is 5.26 Å². The summed E-state index contributed by atoms with van der Waals surface area (Å²) in [4.78, 5) is 61.2. The first-order valence-electron chi connectivity index (χ1n) is 23.4. The number of ether oxygens (including phenoxy) is 2. The van der Waals surface area contributed by atoms with Crippen LogP contribution in [0.3, 0.4) is 0 Å². The van der Waals surface area contributed by atoms with Gasteiger partial charge in [0.1, 0.15) is 36.6 Å². The Morgan fingerprint density at radius 3 is 2.35 bits per heavy atom. The third-order valence-corrected chi connectivity index (χ3v) is 14.6. The van der Waals surface area contributed by atoms with Crippen molar-refractivity contribution in [2.24, 2.45) is 16.2 Å². The van der Waals surface area contributed by atoms with Gasteiger partial charge in [-0.3, -0.25) is 19.2 Å². The summed E-state index contributed by atoms with van der Waals surface area (Å²) < 4.78 is 12.0. The lowest BCUT2D eigenvalue weighted by Gasteiger charge is -2.63. The molecule has 7 rings (SSSR count). The summed E-state index contributed by atoms with van der Waals surface area (Å²) in [5.74, 6) is -0.280. The third-order valence-electron chi connectivity index (χ3n) is 13.4. The maximum atomic E-state index is 14.0. The summed E-state index contributed by atoms with van der Waals surface area (Å²) in [5, 5.41) is 32.5. The second-order valence-electron chi connectivity index (χ2n) is 20.6. The fourth-order valence-electron chi connectivity index (χ4n) is 9.80. The fourth-order valence-corrected chi connectivity index (χ4v) is 10.9. The molecule has 0 spiro atoms. The number of aliphatic hydroxyl groups is 1. The molecule has 1 saturated heterocycles. The molecule has 16 heteroatoms. The largest absolute Gasteiger partial charge is 0.489 e. The van der Waals surface area contributed by atoms with E-state index in [-0.39, 0.29) is 60.9 Å². The Balaban J connectivity index is 0.805. The number of carbonyl (C=O) groups excluding carboxylic acids is 4. The lowest BCUT2D eigenvalue weighted by atomic mass is 9.49. The van der Waals surface area contributed by atoms with E-state index in [0.717, 1.165) is 23.2 Å². The minimum absolute atomic E-state index is 0.00916. The zero-order chi connectivity index (χ0) is 49.0. The third kappa shape index (κ3) is 11.7. The molecule has 4 aromatic rings. The highest BCUT2D eigenvalue weighted by Crippen LogP contribution is 2.55.